The summed E-state index contributed by atoms with van der Waals surface area (Å²) in [6.45, 7) is 5.66. The van der Waals surface area contributed by atoms with Gasteiger partial charge in [0.05, 0.1) is 0 Å². The third-order valence-electron chi connectivity index (χ3n) is 4.53. The Hall–Kier alpha value is -0.660. The number of hydrogen-bond acceptors (Lipinski definition) is 2. The van der Waals surface area contributed by atoms with Crippen LogP contribution in [0.15, 0.2) is 12.4 Å². The highest BCUT2D eigenvalue weighted by Gasteiger charge is 2.20. The van der Waals surface area contributed by atoms with Gasteiger partial charge in [-0.1, -0.05) is 64.7 Å². The van der Waals surface area contributed by atoms with Gasteiger partial charge in [-0.3, -0.25) is 0 Å². The van der Waals surface area contributed by atoms with Gasteiger partial charge in [0.25, 0.3) is 0 Å². The summed E-state index contributed by atoms with van der Waals surface area (Å²) in [5.41, 5.74) is 0. The number of hydrogen-bond donors (Lipinski definition) is 0. The quantitative estimate of drug-likeness (QED) is 0.444. The molecule has 2 heteroatoms. The molecule has 1 rings (SSSR count). The van der Waals surface area contributed by atoms with E-state index < -0.39 is 0 Å². The second kappa shape index (κ2) is 11.0. The van der Waals surface area contributed by atoms with Gasteiger partial charge in [-0.15, -0.1) is 0 Å². The summed E-state index contributed by atoms with van der Waals surface area (Å²) in [6, 6.07) is 0. The second-order valence-electron chi connectivity index (χ2n) is 6.25. The normalized spacial score (nSPS) is 18.2. The van der Waals surface area contributed by atoms with Crippen molar-refractivity contribution >= 4 is 0 Å². The first-order valence-electron chi connectivity index (χ1n) is 8.95. The highest BCUT2D eigenvalue weighted by molar-refractivity contribution is 4.94. The summed E-state index contributed by atoms with van der Waals surface area (Å²) in [5, 5.41) is 0. The van der Waals surface area contributed by atoms with Gasteiger partial charge >= 0.3 is 0 Å². The van der Waals surface area contributed by atoms with Gasteiger partial charge in [0, 0.05) is 26.0 Å². The Bertz CT molecular complexity index is 250. The highest BCUT2D eigenvalue weighted by Crippen LogP contribution is 2.20. The molecule has 0 amide bonds. The Morgan fingerprint density at radius 2 is 1.30 bits per heavy atom. The third kappa shape index (κ3) is 6.67. The first kappa shape index (κ1) is 17.4. The molecule has 1 unspecified atom stereocenters. The molecule has 0 N–H and O–H groups in total. The zero-order chi connectivity index (χ0) is 14.6. The summed E-state index contributed by atoms with van der Waals surface area (Å²) in [4.78, 5) is 4.81. The maximum atomic E-state index is 2.45. The summed E-state index contributed by atoms with van der Waals surface area (Å²) in [5.74, 6) is 0. The van der Waals surface area contributed by atoms with Gasteiger partial charge in [-0.05, 0) is 19.8 Å². The number of unbranched alkanes of at least 4 members (excludes halogenated alkanes) is 9. The molecule has 118 valence electrons. The molecule has 0 aromatic carbocycles. The number of rotatable bonds is 12. The van der Waals surface area contributed by atoms with E-state index in [0.717, 1.165) is 6.54 Å². The third-order valence-corrected chi connectivity index (χ3v) is 4.53. The van der Waals surface area contributed by atoms with Crippen LogP contribution < -0.4 is 0 Å². The van der Waals surface area contributed by atoms with Crippen LogP contribution in [0.5, 0.6) is 0 Å². The van der Waals surface area contributed by atoms with E-state index in [-0.39, 0.29) is 0 Å². The average Bonchev–Trinajstić information content (AvgIpc) is 2.81. The molecule has 1 aliphatic heterocycles. The zero-order valence-electron chi connectivity index (χ0n) is 14.1. The molecule has 0 radical (unpaired) electrons. The Morgan fingerprint density at radius 1 is 0.750 bits per heavy atom. The lowest BCUT2D eigenvalue weighted by Gasteiger charge is -2.29. The maximum Gasteiger partial charge on any atom is 0.100 e. The van der Waals surface area contributed by atoms with Crippen LogP contribution in [0.4, 0.5) is 0 Å². The SMILES string of the molecule is CCCCCCCCCCCCC1N(C)C=CN1CC. The lowest BCUT2D eigenvalue weighted by atomic mass is 10.1. The molecule has 20 heavy (non-hydrogen) atoms. The van der Waals surface area contributed by atoms with Crippen LogP contribution in [0.1, 0.15) is 84.5 Å². The molecule has 0 saturated carbocycles. The van der Waals surface area contributed by atoms with E-state index >= 15 is 0 Å². The summed E-state index contributed by atoms with van der Waals surface area (Å²) in [6.07, 6.45) is 20.7. The minimum absolute atomic E-state index is 0.619. The van der Waals surface area contributed by atoms with E-state index in [4.69, 9.17) is 0 Å². The molecular weight excluding hydrogens is 244 g/mol. The molecule has 0 aliphatic carbocycles. The molecular formula is C18H36N2. The summed E-state index contributed by atoms with van der Waals surface area (Å²) >= 11 is 0. The van der Waals surface area contributed by atoms with Crippen LogP contribution in [0.25, 0.3) is 0 Å². The van der Waals surface area contributed by atoms with Crippen molar-refractivity contribution in [3.63, 3.8) is 0 Å². The van der Waals surface area contributed by atoms with E-state index in [9.17, 15) is 0 Å². The maximum absolute atomic E-state index is 2.45. The molecule has 0 aromatic heterocycles. The van der Waals surface area contributed by atoms with Crippen LogP contribution in [0.2, 0.25) is 0 Å². The standard InChI is InChI=1S/C18H36N2/c1-4-6-7-8-9-10-11-12-13-14-15-18-19(3)16-17-20(18)5-2/h16-18H,4-15H2,1-3H3. The van der Waals surface area contributed by atoms with Crippen molar-refractivity contribution in [3.8, 4) is 0 Å². The van der Waals surface area contributed by atoms with E-state index in [1.165, 1.54) is 70.6 Å². The van der Waals surface area contributed by atoms with E-state index in [2.05, 4.69) is 43.1 Å². The van der Waals surface area contributed by atoms with Crippen molar-refractivity contribution in [1.82, 2.24) is 9.80 Å². The minimum atomic E-state index is 0.619. The molecule has 0 bridgehead atoms. The Morgan fingerprint density at radius 3 is 1.85 bits per heavy atom. The largest absolute Gasteiger partial charge is 0.359 e. The fourth-order valence-electron chi connectivity index (χ4n) is 3.12. The predicted octanol–water partition coefficient (Wildman–Crippen LogP) is 5.36. The summed E-state index contributed by atoms with van der Waals surface area (Å²) in [7, 11) is 2.20. The molecule has 1 aliphatic rings. The highest BCUT2D eigenvalue weighted by atomic mass is 15.4. The van der Waals surface area contributed by atoms with Gasteiger partial charge in [-0.25, -0.2) is 0 Å². The smallest absolute Gasteiger partial charge is 0.100 e. The summed E-state index contributed by atoms with van der Waals surface area (Å²) < 4.78 is 0. The fourth-order valence-corrected chi connectivity index (χ4v) is 3.12. The van der Waals surface area contributed by atoms with Gasteiger partial charge in [0.2, 0.25) is 0 Å². The lowest BCUT2D eigenvalue weighted by Crippen LogP contribution is -2.36. The zero-order valence-corrected chi connectivity index (χ0v) is 14.1. The van der Waals surface area contributed by atoms with Crippen LogP contribution >= 0.6 is 0 Å². The topological polar surface area (TPSA) is 6.48 Å². The van der Waals surface area contributed by atoms with Crippen molar-refractivity contribution in [1.29, 1.82) is 0 Å². The Balaban J connectivity index is 1.90. The van der Waals surface area contributed by atoms with Crippen LogP contribution in [-0.4, -0.2) is 29.6 Å². The fraction of sp³-hybridized carbons (Fsp3) is 0.889. The van der Waals surface area contributed by atoms with Crippen molar-refractivity contribution in [2.24, 2.45) is 0 Å². The average molecular weight is 281 g/mol. The lowest BCUT2D eigenvalue weighted by molar-refractivity contribution is 0.167. The molecule has 0 fully saturated rings. The van der Waals surface area contributed by atoms with Gasteiger partial charge in [-0.2, -0.15) is 0 Å². The van der Waals surface area contributed by atoms with Crippen molar-refractivity contribution in [2.75, 3.05) is 13.6 Å². The van der Waals surface area contributed by atoms with Crippen molar-refractivity contribution < 1.29 is 0 Å². The van der Waals surface area contributed by atoms with Crippen LogP contribution in [0.3, 0.4) is 0 Å². The van der Waals surface area contributed by atoms with Crippen molar-refractivity contribution in [2.45, 2.75) is 90.6 Å². The molecule has 0 spiro atoms. The first-order valence-corrected chi connectivity index (χ1v) is 8.95. The minimum Gasteiger partial charge on any atom is -0.359 e. The predicted molar refractivity (Wildman–Crippen MR) is 89.5 cm³/mol. The van der Waals surface area contributed by atoms with Crippen molar-refractivity contribution in [3.05, 3.63) is 12.4 Å². The molecule has 1 atom stereocenters. The van der Waals surface area contributed by atoms with Crippen LogP contribution in [-0.2, 0) is 0 Å². The monoisotopic (exact) mass is 280 g/mol. The Kier molecular flexibility index (Phi) is 9.61. The first-order chi connectivity index (χ1) is 9.79. The van der Waals surface area contributed by atoms with E-state index in [1.54, 1.807) is 0 Å². The molecule has 2 nitrogen and oxygen atoms in total. The van der Waals surface area contributed by atoms with Crippen LogP contribution in [0, 0.1) is 0 Å². The van der Waals surface area contributed by atoms with Gasteiger partial charge < -0.3 is 9.80 Å². The second-order valence-corrected chi connectivity index (χ2v) is 6.25. The molecule has 1 heterocycles. The molecule has 0 saturated heterocycles. The molecule has 0 aromatic rings. The van der Waals surface area contributed by atoms with E-state index in [1.807, 2.05) is 0 Å². The van der Waals surface area contributed by atoms with Gasteiger partial charge in [0.1, 0.15) is 6.17 Å². The van der Waals surface area contributed by atoms with E-state index in [0.29, 0.717) is 6.17 Å². The van der Waals surface area contributed by atoms with Gasteiger partial charge in [0.15, 0.2) is 0 Å². The number of nitrogens with zero attached hydrogens (tertiary/aromatic N) is 2. The Labute approximate surface area is 127 Å².